The Balaban J connectivity index is 0.000000546. The third-order valence-electron chi connectivity index (χ3n) is 7.00. The van der Waals surface area contributed by atoms with E-state index in [1.807, 2.05) is 0 Å². The van der Waals surface area contributed by atoms with Crippen LogP contribution in [0.1, 0.15) is 30.4 Å². The van der Waals surface area contributed by atoms with Gasteiger partial charge in [0.25, 0.3) is 0 Å². The van der Waals surface area contributed by atoms with Gasteiger partial charge in [-0.1, -0.05) is 0 Å². The molecule has 4 N–H and O–H groups in total. The number of carbonyl (C=O) groups excluding carboxylic acids is 1. The Kier molecular flexibility index (Phi) is 9.77. The molecule has 3 unspecified atom stereocenters. The van der Waals surface area contributed by atoms with Gasteiger partial charge in [-0.3, -0.25) is 9.69 Å². The van der Waals surface area contributed by atoms with Crippen LogP contribution in [0.5, 0.6) is 0 Å². The second kappa shape index (κ2) is 13.2. The van der Waals surface area contributed by atoms with Crippen LogP contribution >= 0.6 is 0 Å². The predicted molar refractivity (Wildman–Crippen MR) is 145 cm³/mol. The van der Waals surface area contributed by atoms with Crippen molar-refractivity contribution in [3.8, 4) is 16.8 Å². The van der Waals surface area contributed by atoms with Gasteiger partial charge in [0.1, 0.15) is 12.0 Å². The van der Waals surface area contributed by atoms with Crippen molar-refractivity contribution in [2.24, 2.45) is 0 Å². The minimum Gasteiger partial charge on any atom is -0.394 e. The standard InChI is InChI=1S/C24H28F3N5O2.C4H7NO/c1-14-6-23(15(2)5-20(14)25)32-10-16(8-29-32)19-7-17(9-28-24(19)27)30-22-3-4-31(12-21(22)26)11-18(34)13-33;6-3-5-4-1-2-4/h5-10,18,21-22,30,33-34H,3-4,11-13H2,1-2H3;3-4H,1-2H2,(H,5,6). The number of aryl methyl sites for hydroxylation is 2. The number of likely N-dealkylation sites (tertiary alicyclic amines) is 1. The van der Waals surface area contributed by atoms with Gasteiger partial charge in [-0.15, -0.1) is 0 Å². The summed E-state index contributed by atoms with van der Waals surface area (Å²) in [6, 6.07) is 4.72. The number of rotatable bonds is 9. The second-order valence-electron chi connectivity index (χ2n) is 10.3. The summed E-state index contributed by atoms with van der Waals surface area (Å²) in [6.45, 7) is 3.96. The molecule has 2 aliphatic rings. The summed E-state index contributed by atoms with van der Waals surface area (Å²) in [5.74, 6) is -0.981. The van der Waals surface area contributed by atoms with Crippen molar-refractivity contribution < 1.29 is 28.2 Å². The van der Waals surface area contributed by atoms with Crippen LogP contribution in [-0.4, -0.2) is 86.9 Å². The fourth-order valence-electron chi connectivity index (χ4n) is 4.55. The number of benzene rings is 1. The van der Waals surface area contributed by atoms with Gasteiger partial charge in [-0.05, 0) is 62.4 Å². The summed E-state index contributed by atoms with van der Waals surface area (Å²) in [7, 11) is 0. The molecule has 5 rings (SSSR count). The Hall–Kier alpha value is -3.48. The molecule has 0 spiro atoms. The number of amides is 1. The van der Waals surface area contributed by atoms with Gasteiger partial charge in [-0.2, -0.15) is 9.49 Å². The molecule has 1 aromatic carbocycles. The van der Waals surface area contributed by atoms with Crippen molar-refractivity contribution in [1.29, 1.82) is 0 Å². The smallest absolute Gasteiger partial charge is 0.220 e. The molecular formula is C28H35F3N6O3. The van der Waals surface area contributed by atoms with Crippen molar-refractivity contribution in [2.45, 2.75) is 57.5 Å². The monoisotopic (exact) mass is 560 g/mol. The Morgan fingerprint density at radius 3 is 2.58 bits per heavy atom. The predicted octanol–water partition coefficient (Wildman–Crippen LogP) is 2.90. The number of hydrogen-bond acceptors (Lipinski definition) is 7. The van der Waals surface area contributed by atoms with E-state index in [9.17, 15) is 23.1 Å². The first kappa shape index (κ1) is 29.5. The number of aromatic nitrogens is 3. The molecule has 1 saturated carbocycles. The van der Waals surface area contributed by atoms with Crippen LogP contribution < -0.4 is 10.6 Å². The average molecular weight is 561 g/mol. The van der Waals surface area contributed by atoms with E-state index in [1.54, 1.807) is 41.8 Å². The lowest BCUT2D eigenvalue weighted by molar-refractivity contribution is -0.109. The number of alkyl halides is 1. The maximum Gasteiger partial charge on any atom is 0.220 e. The molecule has 1 aliphatic heterocycles. The molecule has 12 heteroatoms. The highest BCUT2D eigenvalue weighted by Crippen LogP contribution is 2.28. The highest BCUT2D eigenvalue weighted by molar-refractivity contribution is 5.67. The molecule has 2 fully saturated rings. The Bertz CT molecular complexity index is 1300. The normalized spacial score (nSPS) is 19.9. The number of aliphatic hydroxyl groups excluding tert-OH is 2. The summed E-state index contributed by atoms with van der Waals surface area (Å²) in [6.07, 6.45) is 5.97. The summed E-state index contributed by atoms with van der Waals surface area (Å²) < 4.78 is 44.7. The summed E-state index contributed by atoms with van der Waals surface area (Å²) in [5.41, 5.74) is 3.04. The van der Waals surface area contributed by atoms with Crippen molar-refractivity contribution >= 4 is 12.1 Å². The molecule has 9 nitrogen and oxygen atoms in total. The zero-order valence-electron chi connectivity index (χ0n) is 22.5. The number of hydrogen-bond donors (Lipinski definition) is 4. The maximum atomic E-state index is 14.7. The molecule has 1 amide bonds. The van der Waals surface area contributed by atoms with Crippen LogP contribution in [0.2, 0.25) is 0 Å². The molecule has 3 aromatic rings. The van der Waals surface area contributed by atoms with E-state index in [4.69, 9.17) is 5.11 Å². The third kappa shape index (κ3) is 7.58. The number of nitrogens with zero attached hydrogens (tertiary/aromatic N) is 4. The summed E-state index contributed by atoms with van der Waals surface area (Å²) in [5, 5.41) is 28.6. The number of β-amino-alcohol motifs (C(OH)–C–C–N with tert-alkyl or cyclic N) is 1. The summed E-state index contributed by atoms with van der Waals surface area (Å²) >= 11 is 0. The third-order valence-corrected chi connectivity index (χ3v) is 7.00. The number of aliphatic hydroxyl groups is 2. The average Bonchev–Trinajstić information content (AvgIpc) is 3.62. The molecule has 40 heavy (non-hydrogen) atoms. The van der Waals surface area contributed by atoms with E-state index < -0.39 is 24.3 Å². The zero-order valence-corrected chi connectivity index (χ0v) is 22.5. The van der Waals surface area contributed by atoms with Crippen LogP contribution in [0.3, 0.4) is 0 Å². The zero-order chi connectivity index (χ0) is 28.8. The quantitative estimate of drug-likeness (QED) is 0.235. The molecule has 1 saturated heterocycles. The number of anilines is 1. The maximum absolute atomic E-state index is 14.7. The molecule has 1 aliphatic carbocycles. The van der Waals surface area contributed by atoms with Gasteiger partial charge < -0.3 is 20.8 Å². The molecule has 3 heterocycles. The van der Waals surface area contributed by atoms with E-state index in [1.165, 1.54) is 31.3 Å². The highest BCUT2D eigenvalue weighted by atomic mass is 19.1. The highest BCUT2D eigenvalue weighted by Gasteiger charge is 2.30. The lowest BCUT2D eigenvalue weighted by atomic mass is 10.0. The van der Waals surface area contributed by atoms with Gasteiger partial charge in [-0.25, -0.2) is 18.4 Å². The molecular weight excluding hydrogens is 525 g/mol. The van der Waals surface area contributed by atoms with Crippen molar-refractivity contribution in [1.82, 2.24) is 25.0 Å². The second-order valence-corrected chi connectivity index (χ2v) is 10.3. The van der Waals surface area contributed by atoms with E-state index in [0.29, 0.717) is 47.1 Å². The number of nitrogens with one attached hydrogen (secondary N) is 2. The van der Waals surface area contributed by atoms with Gasteiger partial charge in [0.05, 0.1) is 42.5 Å². The van der Waals surface area contributed by atoms with Crippen LogP contribution in [0.4, 0.5) is 18.9 Å². The van der Waals surface area contributed by atoms with Crippen LogP contribution in [0.15, 0.2) is 36.8 Å². The Morgan fingerprint density at radius 1 is 1.15 bits per heavy atom. The number of halogens is 3. The van der Waals surface area contributed by atoms with E-state index >= 15 is 0 Å². The number of piperidine rings is 1. The van der Waals surface area contributed by atoms with Gasteiger partial charge >= 0.3 is 0 Å². The number of pyridine rings is 1. The first-order valence-electron chi connectivity index (χ1n) is 13.3. The van der Waals surface area contributed by atoms with Crippen LogP contribution in [-0.2, 0) is 4.79 Å². The van der Waals surface area contributed by atoms with E-state index in [2.05, 4.69) is 20.7 Å². The van der Waals surface area contributed by atoms with Crippen LogP contribution in [0, 0.1) is 25.6 Å². The lowest BCUT2D eigenvalue weighted by Gasteiger charge is -2.36. The first-order valence-corrected chi connectivity index (χ1v) is 13.3. The van der Waals surface area contributed by atoms with Gasteiger partial charge in [0.2, 0.25) is 12.4 Å². The van der Waals surface area contributed by atoms with Crippen molar-refractivity contribution in [3.05, 3.63) is 59.7 Å². The minimum atomic E-state index is -1.21. The number of carbonyl (C=O) groups is 1. The Morgan fingerprint density at radius 2 is 1.93 bits per heavy atom. The first-order chi connectivity index (χ1) is 19.2. The van der Waals surface area contributed by atoms with Crippen molar-refractivity contribution in [2.75, 3.05) is 31.6 Å². The molecule has 2 aromatic heterocycles. The largest absolute Gasteiger partial charge is 0.394 e. The fraction of sp³-hybridized carbons (Fsp3) is 0.464. The van der Waals surface area contributed by atoms with Gasteiger partial charge in [0, 0.05) is 43.0 Å². The minimum absolute atomic E-state index is 0.124. The van der Waals surface area contributed by atoms with E-state index in [0.717, 1.165) is 6.41 Å². The fourth-order valence-corrected chi connectivity index (χ4v) is 4.55. The topological polar surface area (TPSA) is 116 Å². The lowest BCUT2D eigenvalue weighted by Crippen LogP contribution is -2.50. The molecule has 3 atom stereocenters. The van der Waals surface area contributed by atoms with Crippen LogP contribution in [0.25, 0.3) is 16.8 Å². The SMILES string of the molecule is Cc1cc(-n2cc(-c3cc(NC4CCN(CC(O)CO)CC4F)cnc3F)cn2)c(C)cc1F.O=CNC1CC1. The van der Waals surface area contributed by atoms with Crippen molar-refractivity contribution in [3.63, 3.8) is 0 Å². The molecule has 0 bridgehead atoms. The molecule has 216 valence electrons. The molecule has 0 radical (unpaired) electrons. The Labute approximate surface area is 231 Å². The van der Waals surface area contributed by atoms with E-state index in [-0.39, 0.29) is 31.1 Å². The summed E-state index contributed by atoms with van der Waals surface area (Å²) in [4.78, 5) is 15.1. The van der Waals surface area contributed by atoms with Gasteiger partial charge in [0.15, 0.2) is 0 Å².